The van der Waals surface area contributed by atoms with Crippen molar-refractivity contribution in [3.8, 4) is 0 Å². The van der Waals surface area contributed by atoms with E-state index >= 15 is 0 Å². The molecule has 2 saturated heterocycles. The zero-order valence-electron chi connectivity index (χ0n) is 9.63. The summed E-state index contributed by atoms with van der Waals surface area (Å²) in [6.07, 6.45) is 4.32. The van der Waals surface area contributed by atoms with E-state index in [0.29, 0.717) is 23.9 Å². The van der Waals surface area contributed by atoms with Crippen molar-refractivity contribution < 1.29 is 4.79 Å². The first-order chi connectivity index (χ1) is 8.31. The summed E-state index contributed by atoms with van der Waals surface area (Å²) in [5, 5.41) is 9.98. The quantitative estimate of drug-likeness (QED) is 0.250. The van der Waals surface area contributed by atoms with Crippen LogP contribution >= 0.6 is 11.8 Å². The summed E-state index contributed by atoms with van der Waals surface area (Å²) in [4.78, 5) is 13.9. The maximum absolute atomic E-state index is 11.2. The highest BCUT2D eigenvalue weighted by atomic mass is 32.2. The number of nitrogens with one attached hydrogen (secondary N) is 2. The Morgan fingerprint density at radius 1 is 1.41 bits per heavy atom. The Bertz CT molecular complexity index is 331. The third kappa shape index (κ3) is 3.20. The fourth-order valence-electron chi connectivity index (χ4n) is 2.39. The van der Waals surface area contributed by atoms with Crippen molar-refractivity contribution in [3.05, 3.63) is 10.4 Å². The van der Waals surface area contributed by atoms with Crippen LogP contribution in [-0.2, 0) is 0 Å². The summed E-state index contributed by atoms with van der Waals surface area (Å²) in [6.45, 7) is 0.596. The van der Waals surface area contributed by atoms with Gasteiger partial charge < -0.3 is 10.6 Å². The minimum Gasteiger partial charge on any atom is -0.332 e. The smallest absolute Gasteiger partial charge is 0.315 e. The maximum atomic E-state index is 11.2. The van der Waals surface area contributed by atoms with Crippen molar-refractivity contribution in [3.63, 3.8) is 0 Å². The van der Waals surface area contributed by atoms with Gasteiger partial charge in [0.15, 0.2) is 0 Å². The van der Waals surface area contributed by atoms with E-state index in [1.807, 2.05) is 11.8 Å². The monoisotopic (exact) mass is 255 g/mol. The number of unbranched alkanes of at least 4 members (excludes halogenated alkanes) is 2. The van der Waals surface area contributed by atoms with Crippen molar-refractivity contribution in [1.29, 1.82) is 0 Å². The second kappa shape index (κ2) is 6.02. The van der Waals surface area contributed by atoms with Crippen LogP contribution in [-0.4, -0.2) is 35.7 Å². The van der Waals surface area contributed by atoms with Gasteiger partial charge in [-0.25, -0.2) is 4.79 Å². The van der Waals surface area contributed by atoms with E-state index in [4.69, 9.17) is 5.53 Å². The molecular weight excluding hydrogens is 238 g/mol. The van der Waals surface area contributed by atoms with Crippen LogP contribution in [0, 0.1) is 0 Å². The summed E-state index contributed by atoms with van der Waals surface area (Å²) in [5.41, 5.74) is 8.13. The average Bonchev–Trinajstić information content (AvgIpc) is 2.83. The summed E-state index contributed by atoms with van der Waals surface area (Å²) in [5.74, 6) is 1.02. The number of carbonyl (C=O) groups excluding carboxylic acids is 1. The third-order valence-corrected chi connectivity index (χ3v) is 4.76. The number of hydrogen-bond acceptors (Lipinski definition) is 3. The van der Waals surface area contributed by atoms with E-state index < -0.39 is 0 Å². The molecule has 0 aromatic rings. The van der Waals surface area contributed by atoms with E-state index in [0.717, 1.165) is 31.4 Å². The Hall–Kier alpha value is -1.07. The minimum atomic E-state index is -0.0198. The summed E-state index contributed by atoms with van der Waals surface area (Å²) in [6, 6.07) is 0.610. The highest BCUT2D eigenvalue weighted by Gasteiger charge is 2.42. The van der Waals surface area contributed by atoms with Crippen molar-refractivity contribution in [2.45, 2.75) is 43.0 Å². The van der Waals surface area contributed by atoms with E-state index in [9.17, 15) is 4.79 Å². The third-order valence-electron chi connectivity index (χ3n) is 3.25. The normalized spacial score (nSPS) is 30.4. The molecule has 2 amide bonds. The molecule has 17 heavy (non-hydrogen) atoms. The van der Waals surface area contributed by atoms with Crippen molar-refractivity contribution >= 4 is 17.8 Å². The van der Waals surface area contributed by atoms with Gasteiger partial charge in [0.25, 0.3) is 0 Å². The molecule has 0 aliphatic carbocycles. The molecule has 2 aliphatic heterocycles. The number of amides is 2. The molecule has 0 saturated carbocycles. The van der Waals surface area contributed by atoms with E-state index in [-0.39, 0.29) is 6.03 Å². The van der Waals surface area contributed by atoms with Crippen LogP contribution < -0.4 is 10.6 Å². The molecule has 0 radical (unpaired) electrons. The van der Waals surface area contributed by atoms with Crippen LogP contribution in [0.15, 0.2) is 5.11 Å². The second-order valence-electron chi connectivity index (χ2n) is 4.43. The molecule has 2 N–H and O–H groups in total. The van der Waals surface area contributed by atoms with E-state index in [2.05, 4.69) is 20.7 Å². The molecule has 94 valence electrons. The summed E-state index contributed by atoms with van der Waals surface area (Å²) in [7, 11) is 0. The number of fused-ring (bicyclic) bond motifs is 1. The first-order valence-corrected chi connectivity index (χ1v) is 7.05. The number of urea groups is 1. The van der Waals surface area contributed by atoms with Crippen molar-refractivity contribution in [2.24, 2.45) is 5.11 Å². The van der Waals surface area contributed by atoms with Crippen molar-refractivity contribution in [1.82, 2.24) is 10.6 Å². The molecule has 6 nitrogen and oxygen atoms in total. The molecule has 2 fully saturated rings. The molecule has 7 heteroatoms. The lowest BCUT2D eigenvalue weighted by Gasteiger charge is -2.16. The van der Waals surface area contributed by atoms with Crippen LogP contribution in [0.2, 0.25) is 0 Å². The number of carbonyl (C=O) groups is 1. The van der Waals surface area contributed by atoms with Gasteiger partial charge in [0.1, 0.15) is 0 Å². The summed E-state index contributed by atoms with van der Waals surface area (Å²) < 4.78 is 0. The Labute approximate surface area is 105 Å². The molecule has 0 spiro atoms. The van der Waals surface area contributed by atoms with Gasteiger partial charge in [0.2, 0.25) is 0 Å². The predicted molar refractivity (Wildman–Crippen MR) is 68.0 cm³/mol. The molecule has 2 rings (SSSR count). The van der Waals surface area contributed by atoms with Crippen LogP contribution in [0.5, 0.6) is 0 Å². The molecule has 2 aliphatic rings. The standard InChI is InChI=1S/C10H17N5OS/c11-15-12-5-3-1-2-4-8-9-7(6-17-8)13-10(16)14-9/h7-9H,1-6H2,(H2,13,14,16). The minimum absolute atomic E-state index is 0.0198. The Morgan fingerprint density at radius 3 is 3.12 bits per heavy atom. The number of nitrogens with zero attached hydrogens (tertiary/aromatic N) is 3. The summed E-state index contributed by atoms with van der Waals surface area (Å²) >= 11 is 1.95. The predicted octanol–water partition coefficient (Wildman–Crippen LogP) is 2.02. The van der Waals surface area contributed by atoms with Gasteiger partial charge in [-0.1, -0.05) is 18.0 Å². The first kappa shape index (κ1) is 12.4. The van der Waals surface area contributed by atoms with Crippen molar-refractivity contribution in [2.75, 3.05) is 12.3 Å². The highest BCUT2D eigenvalue weighted by molar-refractivity contribution is 8.00. The zero-order chi connectivity index (χ0) is 12.1. The van der Waals surface area contributed by atoms with E-state index in [1.54, 1.807) is 0 Å². The lowest BCUT2D eigenvalue weighted by atomic mass is 10.0. The van der Waals surface area contributed by atoms with Gasteiger partial charge in [-0.15, -0.1) is 0 Å². The number of rotatable bonds is 6. The van der Waals surface area contributed by atoms with Crippen LogP contribution in [0.4, 0.5) is 4.79 Å². The van der Waals surface area contributed by atoms with Gasteiger partial charge in [-0.05, 0) is 18.4 Å². The fourth-order valence-corrected chi connectivity index (χ4v) is 3.94. The number of hydrogen-bond donors (Lipinski definition) is 2. The van der Waals surface area contributed by atoms with Gasteiger partial charge in [-0.2, -0.15) is 11.8 Å². The first-order valence-electron chi connectivity index (χ1n) is 6.01. The molecule has 2 heterocycles. The van der Waals surface area contributed by atoms with Gasteiger partial charge in [0, 0.05) is 22.5 Å². The molecule has 3 unspecified atom stereocenters. The van der Waals surface area contributed by atoms with Crippen LogP contribution in [0.25, 0.3) is 10.4 Å². The molecule has 3 atom stereocenters. The maximum Gasteiger partial charge on any atom is 0.315 e. The Morgan fingerprint density at radius 2 is 2.29 bits per heavy atom. The highest BCUT2D eigenvalue weighted by Crippen LogP contribution is 2.33. The SMILES string of the molecule is [N-]=[N+]=NCCCCCC1SCC2NC(=O)NC21. The zero-order valence-corrected chi connectivity index (χ0v) is 10.4. The molecule has 0 aromatic heterocycles. The van der Waals surface area contributed by atoms with Crippen LogP contribution in [0.3, 0.4) is 0 Å². The number of azide groups is 1. The second-order valence-corrected chi connectivity index (χ2v) is 5.70. The lowest BCUT2D eigenvalue weighted by molar-refractivity contribution is 0.247. The Kier molecular flexibility index (Phi) is 4.39. The van der Waals surface area contributed by atoms with Gasteiger partial charge >= 0.3 is 6.03 Å². The van der Waals surface area contributed by atoms with E-state index in [1.165, 1.54) is 0 Å². The fraction of sp³-hybridized carbons (Fsp3) is 0.900. The van der Waals surface area contributed by atoms with Gasteiger partial charge in [-0.3, -0.25) is 0 Å². The topological polar surface area (TPSA) is 89.9 Å². The molecule has 0 bridgehead atoms. The molecular formula is C10H17N5OS. The number of thioether (sulfide) groups is 1. The largest absolute Gasteiger partial charge is 0.332 e. The van der Waals surface area contributed by atoms with Gasteiger partial charge in [0.05, 0.1) is 12.1 Å². The lowest BCUT2D eigenvalue weighted by Crippen LogP contribution is -2.36. The van der Waals surface area contributed by atoms with Crippen LogP contribution in [0.1, 0.15) is 25.7 Å². The average molecular weight is 255 g/mol. The Balaban J connectivity index is 1.63. The molecule has 0 aromatic carbocycles.